The third-order valence-corrected chi connectivity index (χ3v) is 4.84. The molecule has 0 radical (unpaired) electrons. The van der Waals surface area contributed by atoms with E-state index in [2.05, 4.69) is 5.32 Å². The number of benzene rings is 1. The van der Waals surface area contributed by atoms with E-state index in [0.29, 0.717) is 11.5 Å². The molecule has 1 amide bonds. The number of aliphatic hydroxyl groups excluding tert-OH is 1. The summed E-state index contributed by atoms with van der Waals surface area (Å²) in [7, 11) is 1.74. The van der Waals surface area contributed by atoms with Gasteiger partial charge in [0.2, 0.25) is 0 Å². The average molecular weight is 331 g/mol. The molecule has 2 rings (SSSR count). The van der Waals surface area contributed by atoms with Crippen molar-refractivity contribution in [2.45, 2.75) is 52.5 Å². The molecule has 1 fully saturated rings. The molecule has 0 saturated heterocycles. The van der Waals surface area contributed by atoms with Crippen LogP contribution in [0.3, 0.4) is 0 Å². The zero-order chi connectivity index (χ0) is 17.7. The molecular formula is C20H29NO3. The summed E-state index contributed by atoms with van der Waals surface area (Å²) in [4.78, 5) is 12.8. The Hall–Kier alpha value is -1.81. The summed E-state index contributed by atoms with van der Waals surface area (Å²) in [5, 5.41) is 13.2. The SMILES string of the molecule is COCC1CCC(NC(=O)/C(=C(\C)O)c2cc(C)ccc2C)CC1. The van der Waals surface area contributed by atoms with Gasteiger partial charge in [-0.15, -0.1) is 0 Å². The number of aliphatic hydroxyl groups is 1. The summed E-state index contributed by atoms with van der Waals surface area (Å²) < 4.78 is 5.22. The number of nitrogens with one attached hydrogen (secondary N) is 1. The van der Waals surface area contributed by atoms with Crippen molar-refractivity contribution < 1.29 is 14.6 Å². The highest BCUT2D eigenvalue weighted by Gasteiger charge is 2.25. The molecule has 1 aromatic carbocycles. The lowest BCUT2D eigenvalue weighted by molar-refractivity contribution is -0.116. The van der Waals surface area contributed by atoms with E-state index in [-0.39, 0.29) is 17.7 Å². The minimum absolute atomic E-state index is 0.0641. The van der Waals surface area contributed by atoms with Gasteiger partial charge in [-0.25, -0.2) is 0 Å². The number of methoxy groups -OCH3 is 1. The van der Waals surface area contributed by atoms with Crippen molar-refractivity contribution >= 4 is 11.5 Å². The van der Waals surface area contributed by atoms with Gasteiger partial charge in [-0.2, -0.15) is 0 Å². The van der Waals surface area contributed by atoms with E-state index < -0.39 is 0 Å². The van der Waals surface area contributed by atoms with E-state index in [4.69, 9.17) is 4.74 Å². The Morgan fingerprint density at radius 2 is 1.92 bits per heavy atom. The van der Waals surface area contributed by atoms with Crippen molar-refractivity contribution in [1.82, 2.24) is 5.32 Å². The Morgan fingerprint density at radius 1 is 1.25 bits per heavy atom. The lowest BCUT2D eigenvalue weighted by Crippen LogP contribution is -2.38. The summed E-state index contributed by atoms with van der Waals surface area (Å²) in [5.41, 5.74) is 3.25. The highest BCUT2D eigenvalue weighted by atomic mass is 16.5. The first kappa shape index (κ1) is 18.5. The number of hydrogen-bond acceptors (Lipinski definition) is 3. The Balaban J connectivity index is 2.09. The second kappa shape index (κ2) is 8.34. The number of amides is 1. The molecule has 4 nitrogen and oxygen atoms in total. The van der Waals surface area contributed by atoms with Crippen LogP contribution in [0.2, 0.25) is 0 Å². The van der Waals surface area contributed by atoms with Crippen LogP contribution in [0.4, 0.5) is 0 Å². The van der Waals surface area contributed by atoms with Crippen LogP contribution in [-0.4, -0.2) is 30.8 Å². The zero-order valence-corrected chi connectivity index (χ0v) is 15.2. The van der Waals surface area contributed by atoms with Crippen LogP contribution < -0.4 is 5.32 Å². The van der Waals surface area contributed by atoms with E-state index in [9.17, 15) is 9.90 Å². The molecule has 0 heterocycles. The molecule has 1 aromatic rings. The molecule has 2 N–H and O–H groups in total. The van der Waals surface area contributed by atoms with Gasteiger partial charge in [-0.05, 0) is 63.5 Å². The second-order valence-corrected chi connectivity index (χ2v) is 6.93. The largest absolute Gasteiger partial charge is 0.512 e. The van der Waals surface area contributed by atoms with E-state index in [1.54, 1.807) is 14.0 Å². The molecule has 24 heavy (non-hydrogen) atoms. The van der Waals surface area contributed by atoms with Crippen molar-refractivity contribution in [2.24, 2.45) is 5.92 Å². The van der Waals surface area contributed by atoms with Gasteiger partial charge in [-0.3, -0.25) is 4.79 Å². The first-order chi connectivity index (χ1) is 11.4. The van der Waals surface area contributed by atoms with Gasteiger partial charge >= 0.3 is 0 Å². The van der Waals surface area contributed by atoms with Gasteiger partial charge < -0.3 is 15.2 Å². The molecular weight excluding hydrogens is 302 g/mol. The summed E-state index contributed by atoms with van der Waals surface area (Å²) in [6, 6.07) is 6.12. The number of allylic oxidation sites excluding steroid dienone is 1. The molecule has 0 unspecified atom stereocenters. The minimum Gasteiger partial charge on any atom is -0.512 e. The molecule has 1 saturated carbocycles. The van der Waals surface area contributed by atoms with Gasteiger partial charge in [0.15, 0.2) is 0 Å². The number of rotatable bonds is 5. The smallest absolute Gasteiger partial charge is 0.255 e. The maximum atomic E-state index is 12.8. The van der Waals surface area contributed by atoms with Crippen molar-refractivity contribution in [3.63, 3.8) is 0 Å². The second-order valence-electron chi connectivity index (χ2n) is 6.93. The Labute approximate surface area is 144 Å². The molecule has 0 atom stereocenters. The Kier molecular flexibility index (Phi) is 6.44. The predicted octanol–water partition coefficient (Wildman–Crippen LogP) is 3.91. The minimum atomic E-state index is -0.182. The molecule has 0 aliphatic heterocycles. The van der Waals surface area contributed by atoms with Crippen LogP contribution in [0.25, 0.3) is 5.57 Å². The first-order valence-electron chi connectivity index (χ1n) is 8.69. The van der Waals surface area contributed by atoms with E-state index in [1.807, 2.05) is 32.0 Å². The van der Waals surface area contributed by atoms with Crippen LogP contribution in [0, 0.1) is 19.8 Å². The van der Waals surface area contributed by atoms with Crippen LogP contribution >= 0.6 is 0 Å². The summed E-state index contributed by atoms with van der Waals surface area (Å²) >= 11 is 0. The van der Waals surface area contributed by atoms with Crippen molar-refractivity contribution in [3.8, 4) is 0 Å². The van der Waals surface area contributed by atoms with Crippen molar-refractivity contribution in [3.05, 3.63) is 40.6 Å². The highest BCUT2D eigenvalue weighted by Crippen LogP contribution is 2.27. The molecule has 1 aliphatic rings. The summed E-state index contributed by atoms with van der Waals surface area (Å²) in [6.07, 6.45) is 4.06. The standard InChI is InChI=1S/C20H29NO3/c1-13-5-6-14(2)18(11-13)19(15(3)22)20(23)21-17-9-7-16(8-10-17)12-24-4/h5-6,11,16-17,22H,7-10,12H2,1-4H3,(H,21,23)/b19-15+. The number of aryl methyl sites for hydroxylation is 2. The molecule has 0 aromatic heterocycles. The Morgan fingerprint density at radius 3 is 2.50 bits per heavy atom. The fourth-order valence-electron chi connectivity index (χ4n) is 3.45. The maximum Gasteiger partial charge on any atom is 0.255 e. The van der Waals surface area contributed by atoms with Crippen LogP contribution in [-0.2, 0) is 9.53 Å². The fraction of sp³-hybridized carbons (Fsp3) is 0.550. The van der Waals surface area contributed by atoms with E-state index in [0.717, 1.165) is 49.0 Å². The van der Waals surface area contributed by atoms with Gasteiger partial charge in [0.1, 0.15) is 5.76 Å². The van der Waals surface area contributed by atoms with Crippen LogP contribution in [0.15, 0.2) is 24.0 Å². The zero-order valence-electron chi connectivity index (χ0n) is 15.2. The van der Waals surface area contributed by atoms with Crippen LogP contribution in [0.5, 0.6) is 0 Å². The fourth-order valence-corrected chi connectivity index (χ4v) is 3.45. The third kappa shape index (κ3) is 4.60. The average Bonchev–Trinajstić information content (AvgIpc) is 2.53. The monoisotopic (exact) mass is 331 g/mol. The molecule has 0 bridgehead atoms. The molecule has 1 aliphatic carbocycles. The number of hydrogen-bond donors (Lipinski definition) is 2. The summed E-state index contributed by atoms with van der Waals surface area (Å²) in [6.45, 7) is 6.32. The molecule has 4 heteroatoms. The number of ether oxygens (including phenoxy) is 1. The molecule has 0 spiro atoms. The van der Waals surface area contributed by atoms with Gasteiger partial charge in [0, 0.05) is 19.8 Å². The number of carbonyl (C=O) groups excluding carboxylic acids is 1. The normalized spacial score (nSPS) is 22.0. The first-order valence-corrected chi connectivity index (χ1v) is 8.69. The third-order valence-electron chi connectivity index (χ3n) is 4.84. The Bertz CT molecular complexity index is 609. The molecule has 132 valence electrons. The lowest BCUT2D eigenvalue weighted by atomic mass is 9.86. The maximum absolute atomic E-state index is 12.8. The van der Waals surface area contributed by atoms with Gasteiger partial charge in [-0.1, -0.05) is 23.8 Å². The summed E-state index contributed by atoms with van der Waals surface area (Å²) in [5.74, 6) is 0.477. The lowest BCUT2D eigenvalue weighted by Gasteiger charge is -2.29. The highest BCUT2D eigenvalue weighted by molar-refractivity contribution is 6.20. The van der Waals surface area contributed by atoms with Crippen molar-refractivity contribution in [1.29, 1.82) is 0 Å². The quantitative estimate of drug-likeness (QED) is 0.635. The van der Waals surface area contributed by atoms with Crippen LogP contribution in [0.1, 0.15) is 49.3 Å². The topological polar surface area (TPSA) is 58.6 Å². The van der Waals surface area contributed by atoms with E-state index >= 15 is 0 Å². The van der Waals surface area contributed by atoms with E-state index in [1.165, 1.54) is 0 Å². The van der Waals surface area contributed by atoms with Crippen molar-refractivity contribution in [2.75, 3.05) is 13.7 Å². The van der Waals surface area contributed by atoms with Gasteiger partial charge in [0.05, 0.1) is 5.57 Å². The van der Waals surface area contributed by atoms with Gasteiger partial charge in [0.25, 0.3) is 5.91 Å². The number of carbonyl (C=O) groups is 1. The predicted molar refractivity (Wildman–Crippen MR) is 96.9 cm³/mol.